The lowest BCUT2D eigenvalue weighted by Crippen LogP contribution is -1.94. The van der Waals surface area contributed by atoms with Gasteiger partial charge in [0.25, 0.3) is 0 Å². The fourth-order valence-electron chi connectivity index (χ4n) is 1.20. The summed E-state index contributed by atoms with van der Waals surface area (Å²) in [6, 6.07) is 7.63. The van der Waals surface area contributed by atoms with E-state index in [1.807, 2.05) is 24.3 Å². The SMILES string of the molecule is Oc1ncc(P)c2ccccc12. The Kier molecular flexibility index (Phi) is 1.70. The van der Waals surface area contributed by atoms with Crippen LogP contribution >= 0.6 is 9.24 Å². The van der Waals surface area contributed by atoms with Gasteiger partial charge in [0.05, 0.1) is 0 Å². The van der Waals surface area contributed by atoms with Gasteiger partial charge in [-0.1, -0.05) is 18.2 Å². The van der Waals surface area contributed by atoms with Crippen molar-refractivity contribution < 1.29 is 5.11 Å². The highest BCUT2D eigenvalue weighted by molar-refractivity contribution is 7.28. The van der Waals surface area contributed by atoms with Gasteiger partial charge in [0.1, 0.15) is 0 Å². The lowest BCUT2D eigenvalue weighted by Gasteiger charge is -2.01. The van der Waals surface area contributed by atoms with E-state index < -0.39 is 0 Å². The van der Waals surface area contributed by atoms with Crippen molar-refractivity contribution >= 4 is 25.3 Å². The molecule has 2 rings (SSSR count). The summed E-state index contributed by atoms with van der Waals surface area (Å²) >= 11 is 0. The van der Waals surface area contributed by atoms with E-state index in [0.717, 1.165) is 16.1 Å². The van der Waals surface area contributed by atoms with Crippen LogP contribution in [0.4, 0.5) is 0 Å². The van der Waals surface area contributed by atoms with E-state index in [4.69, 9.17) is 0 Å². The fraction of sp³-hybridized carbons (Fsp3) is 0. The summed E-state index contributed by atoms with van der Waals surface area (Å²) in [4.78, 5) is 3.84. The van der Waals surface area contributed by atoms with Crippen LogP contribution in [-0.2, 0) is 0 Å². The summed E-state index contributed by atoms with van der Waals surface area (Å²) in [5, 5.41) is 12.2. The molecule has 2 aromatic rings. The first-order valence-electron chi connectivity index (χ1n) is 3.61. The Labute approximate surface area is 72.5 Å². The van der Waals surface area contributed by atoms with Gasteiger partial charge in [-0.15, -0.1) is 9.24 Å². The van der Waals surface area contributed by atoms with Gasteiger partial charge in [0, 0.05) is 11.6 Å². The van der Waals surface area contributed by atoms with Crippen LogP contribution in [0, 0.1) is 0 Å². The van der Waals surface area contributed by atoms with Crippen molar-refractivity contribution in [2.75, 3.05) is 0 Å². The molecule has 3 heteroatoms. The number of pyridine rings is 1. The molecule has 1 unspecified atom stereocenters. The van der Waals surface area contributed by atoms with Crippen LogP contribution in [0.25, 0.3) is 10.8 Å². The Morgan fingerprint density at radius 1 is 1.17 bits per heavy atom. The molecule has 0 spiro atoms. The van der Waals surface area contributed by atoms with E-state index in [0.29, 0.717) is 0 Å². The van der Waals surface area contributed by atoms with Crippen LogP contribution in [0.5, 0.6) is 5.88 Å². The fourth-order valence-corrected chi connectivity index (χ4v) is 1.53. The van der Waals surface area contributed by atoms with Gasteiger partial charge in [-0.2, -0.15) is 0 Å². The monoisotopic (exact) mass is 177 g/mol. The highest BCUT2D eigenvalue weighted by atomic mass is 31.0. The predicted octanol–water partition coefficient (Wildman–Crippen LogP) is 1.44. The highest BCUT2D eigenvalue weighted by Gasteiger charge is 2.01. The van der Waals surface area contributed by atoms with Gasteiger partial charge in [0.15, 0.2) is 0 Å². The molecule has 0 fully saturated rings. The maximum atomic E-state index is 9.38. The second-order valence-electron chi connectivity index (χ2n) is 2.58. The quantitative estimate of drug-likeness (QED) is 0.617. The third-order valence-corrected chi connectivity index (χ3v) is 2.26. The van der Waals surface area contributed by atoms with Gasteiger partial charge in [-0.25, -0.2) is 4.98 Å². The standard InChI is InChI=1S/C9H8NOP/c11-9-7-4-2-1-3-6(7)8(12)5-10-9/h1-5H,12H2,(H,10,11). The molecular weight excluding hydrogens is 169 g/mol. The van der Waals surface area contributed by atoms with Crippen LogP contribution in [-0.4, -0.2) is 10.1 Å². The smallest absolute Gasteiger partial charge is 0.218 e. The summed E-state index contributed by atoms with van der Waals surface area (Å²) in [5.74, 6) is 0.0943. The van der Waals surface area contributed by atoms with Crippen molar-refractivity contribution in [2.24, 2.45) is 0 Å². The minimum absolute atomic E-state index is 0.0943. The number of aromatic nitrogens is 1. The van der Waals surface area contributed by atoms with Crippen molar-refractivity contribution in [2.45, 2.75) is 0 Å². The predicted molar refractivity (Wildman–Crippen MR) is 52.8 cm³/mol. The number of nitrogens with zero attached hydrogens (tertiary/aromatic N) is 1. The third-order valence-electron chi connectivity index (χ3n) is 1.80. The van der Waals surface area contributed by atoms with E-state index in [1.165, 1.54) is 0 Å². The second-order valence-corrected chi connectivity index (χ2v) is 3.20. The summed E-state index contributed by atoms with van der Waals surface area (Å²) in [6.07, 6.45) is 1.64. The average Bonchev–Trinajstić information content (AvgIpc) is 2.12. The van der Waals surface area contributed by atoms with Crippen molar-refractivity contribution in [1.82, 2.24) is 4.98 Å². The molecular formula is C9H8NOP. The Bertz CT molecular complexity index is 387. The minimum atomic E-state index is 0.0943. The first-order valence-corrected chi connectivity index (χ1v) is 4.19. The molecule has 0 saturated carbocycles. The van der Waals surface area contributed by atoms with Crippen LogP contribution in [0.2, 0.25) is 0 Å². The van der Waals surface area contributed by atoms with Gasteiger partial charge in [-0.3, -0.25) is 0 Å². The Morgan fingerprint density at radius 2 is 1.83 bits per heavy atom. The van der Waals surface area contributed by atoms with E-state index in [9.17, 15) is 5.11 Å². The maximum absolute atomic E-state index is 9.38. The van der Waals surface area contributed by atoms with Crippen LogP contribution in [0.3, 0.4) is 0 Å². The number of fused-ring (bicyclic) bond motifs is 1. The van der Waals surface area contributed by atoms with Crippen molar-refractivity contribution in [3.05, 3.63) is 30.5 Å². The Hall–Kier alpha value is -1.14. The molecule has 1 heterocycles. The van der Waals surface area contributed by atoms with Gasteiger partial charge < -0.3 is 5.11 Å². The zero-order valence-corrected chi connectivity index (χ0v) is 7.51. The van der Waals surface area contributed by atoms with E-state index >= 15 is 0 Å². The van der Waals surface area contributed by atoms with E-state index in [-0.39, 0.29) is 5.88 Å². The molecule has 0 amide bonds. The zero-order chi connectivity index (χ0) is 8.55. The number of hydrogen-bond acceptors (Lipinski definition) is 2. The zero-order valence-electron chi connectivity index (χ0n) is 6.36. The van der Waals surface area contributed by atoms with Crippen molar-refractivity contribution in [3.63, 3.8) is 0 Å². The second kappa shape index (κ2) is 2.72. The third kappa shape index (κ3) is 1.05. The summed E-state index contributed by atoms with van der Waals surface area (Å²) in [6.45, 7) is 0. The molecule has 0 aliphatic carbocycles. The van der Waals surface area contributed by atoms with E-state index in [1.54, 1.807) is 6.20 Å². The minimum Gasteiger partial charge on any atom is -0.493 e. The lowest BCUT2D eigenvalue weighted by atomic mass is 10.2. The number of benzene rings is 1. The topological polar surface area (TPSA) is 33.1 Å². The summed E-state index contributed by atoms with van der Waals surface area (Å²) in [5.41, 5.74) is 0. The number of aromatic hydroxyl groups is 1. The highest BCUT2D eigenvalue weighted by Crippen LogP contribution is 2.20. The lowest BCUT2D eigenvalue weighted by molar-refractivity contribution is 0.460. The van der Waals surface area contributed by atoms with Gasteiger partial charge in [0.2, 0.25) is 5.88 Å². The van der Waals surface area contributed by atoms with Crippen molar-refractivity contribution in [1.29, 1.82) is 0 Å². The largest absolute Gasteiger partial charge is 0.493 e. The summed E-state index contributed by atoms with van der Waals surface area (Å²) < 4.78 is 0. The first kappa shape index (κ1) is 7.51. The van der Waals surface area contributed by atoms with E-state index in [2.05, 4.69) is 14.2 Å². The molecule has 1 N–H and O–H groups in total. The summed E-state index contributed by atoms with van der Waals surface area (Å²) in [7, 11) is 2.59. The number of rotatable bonds is 0. The molecule has 60 valence electrons. The molecule has 0 aliphatic rings. The maximum Gasteiger partial charge on any atom is 0.218 e. The molecule has 1 aromatic heterocycles. The Morgan fingerprint density at radius 3 is 2.50 bits per heavy atom. The molecule has 1 atom stereocenters. The van der Waals surface area contributed by atoms with Crippen LogP contribution in [0.15, 0.2) is 30.5 Å². The van der Waals surface area contributed by atoms with Crippen LogP contribution < -0.4 is 5.30 Å². The molecule has 0 bridgehead atoms. The van der Waals surface area contributed by atoms with Crippen LogP contribution in [0.1, 0.15) is 0 Å². The van der Waals surface area contributed by atoms with Crippen molar-refractivity contribution in [3.8, 4) is 5.88 Å². The number of hydrogen-bond donors (Lipinski definition) is 1. The Balaban J connectivity index is 2.95. The molecule has 0 aliphatic heterocycles. The van der Waals surface area contributed by atoms with Gasteiger partial charge in [-0.05, 0) is 16.8 Å². The molecule has 1 aromatic carbocycles. The molecule has 0 saturated heterocycles. The normalized spacial score (nSPS) is 10.4. The molecule has 2 nitrogen and oxygen atoms in total. The average molecular weight is 177 g/mol. The van der Waals surface area contributed by atoms with Gasteiger partial charge >= 0.3 is 0 Å². The molecule has 0 radical (unpaired) electrons. The first-order chi connectivity index (χ1) is 5.79. The molecule has 12 heavy (non-hydrogen) atoms.